The monoisotopic (exact) mass is 464 g/mol. The first-order valence-corrected chi connectivity index (χ1v) is 13.4. The maximum Gasteiger partial charge on any atom is 0.264 e. The topological polar surface area (TPSA) is 77.9 Å². The number of sulfonamides is 1. The van der Waals surface area contributed by atoms with Gasteiger partial charge in [-0.05, 0) is 69.5 Å². The van der Waals surface area contributed by atoms with Gasteiger partial charge in [-0.1, -0.05) is 35.9 Å². The third-order valence-corrected chi connectivity index (χ3v) is 11.2. The van der Waals surface area contributed by atoms with Crippen molar-refractivity contribution in [2.45, 2.75) is 61.1 Å². The molecule has 2 aromatic rings. The number of hydrogen-bond donors (Lipinski definition) is 1. The molecule has 0 aromatic heterocycles. The zero-order chi connectivity index (χ0) is 22.8. The summed E-state index contributed by atoms with van der Waals surface area (Å²) >= 11 is 0. The summed E-state index contributed by atoms with van der Waals surface area (Å²) in [6, 6.07) is 14.1. The van der Waals surface area contributed by atoms with Crippen molar-refractivity contribution in [2.24, 2.45) is 11.3 Å². The lowest BCUT2D eigenvalue weighted by atomic mass is 9.53. The van der Waals surface area contributed by atoms with Gasteiger partial charge < -0.3 is 5.11 Å². The second-order valence-electron chi connectivity index (χ2n) is 10.7. The molecule has 5 aliphatic rings. The number of nitrogens with zero attached hydrogens (tertiary/aromatic N) is 2. The Morgan fingerprint density at radius 2 is 1.79 bits per heavy atom. The molecule has 6 atom stereocenters. The molecule has 0 unspecified atom stereocenters. The molecule has 3 heterocycles. The molecule has 7 heteroatoms. The van der Waals surface area contributed by atoms with E-state index in [4.69, 9.17) is 0 Å². The van der Waals surface area contributed by atoms with Crippen LogP contribution in [0.25, 0.3) is 0 Å². The minimum absolute atomic E-state index is 0.0518. The molecule has 0 radical (unpaired) electrons. The molecular formula is C26H28N2O4S. The largest absolute Gasteiger partial charge is 0.392 e. The van der Waals surface area contributed by atoms with Crippen LogP contribution in [0.5, 0.6) is 0 Å². The number of carbonyl (C=O) groups is 1. The van der Waals surface area contributed by atoms with E-state index in [1.807, 2.05) is 37.3 Å². The van der Waals surface area contributed by atoms with Gasteiger partial charge in [-0.2, -0.15) is 0 Å². The van der Waals surface area contributed by atoms with Crippen LogP contribution in [0, 0.1) is 18.3 Å². The van der Waals surface area contributed by atoms with Crippen LogP contribution in [-0.4, -0.2) is 55.5 Å². The quantitative estimate of drug-likeness (QED) is 0.739. The Bertz CT molecular complexity index is 1290. The minimum Gasteiger partial charge on any atom is -0.392 e. The molecule has 2 aromatic carbocycles. The van der Waals surface area contributed by atoms with E-state index in [2.05, 4.69) is 11.0 Å². The SMILES string of the molecule is Cc1ccc(S(=O)(=O)N2c3ccccc3[C@@]34CCN5CCC[C@]6(C[C@@H](O)[C@@H](C6=O)[C@H]23)[C@H]54)cc1. The number of piperidine rings is 1. The Balaban J connectivity index is 1.52. The van der Waals surface area contributed by atoms with Crippen LogP contribution >= 0.6 is 0 Å². The lowest BCUT2D eigenvalue weighted by Crippen LogP contribution is -2.69. The van der Waals surface area contributed by atoms with Gasteiger partial charge in [-0.3, -0.25) is 14.0 Å². The molecule has 1 N–H and O–H groups in total. The lowest BCUT2D eigenvalue weighted by Gasteiger charge is -2.55. The van der Waals surface area contributed by atoms with Crippen molar-refractivity contribution in [3.63, 3.8) is 0 Å². The van der Waals surface area contributed by atoms with Crippen molar-refractivity contribution >= 4 is 21.5 Å². The first-order chi connectivity index (χ1) is 15.8. The third-order valence-electron chi connectivity index (χ3n) is 9.38. The fraction of sp³-hybridized carbons (Fsp3) is 0.500. The Labute approximate surface area is 194 Å². The standard InChI is InChI=1S/C26H28N2O4S/c1-16-7-9-17(10-8-16)33(31,32)28-19-6-3-2-5-18(19)26-12-14-27-13-4-11-25(24(26)27)15-20(29)21(22(26)28)23(25)30/h2-3,5-10,20-22,24,29H,4,11-15H2,1H3/t20-,21-,22+,24+,25-,26+/m1/s1. The maximum absolute atomic E-state index is 14.2. The lowest BCUT2D eigenvalue weighted by molar-refractivity contribution is -0.143. The number of anilines is 1. The average molecular weight is 465 g/mol. The summed E-state index contributed by atoms with van der Waals surface area (Å²) in [7, 11) is -3.93. The fourth-order valence-corrected chi connectivity index (χ4v) is 10.2. The van der Waals surface area contributed by atoms with Gasteiger partial charge in [-0.25, -0.2) is 8.42 Å². The summed E-state index contributed by atoms with van der Waals surface area (Å²) in [5.74, 6) is -0.601. The van der Waals surface area contributed by atoms with Crippen molar-refractivity contribution < 1.29 is 18.3 Å². The Hall–Kier alpha value is -2.22. The fourth-order valence-electron chi connectivity index (χ4n) is 8.41. The number of hydrogen-bond acceptors (Lipinski definition) is 5. The second-order valence-corrected chi connectivity index (χ2v) is 12.5. The van der Waals surface area contributed by atoms with Crippen LogP contribution < -0.4 is 4.31 Å². The van der Waals surface area contributed by atoms with E-state index < -0.39 is 38.9 Å². The number of ketones is 1. The van der Waals surface area contributed by atoms with E-state index >= 15 is 0 Å². The van der Waals surface area contributed by atoms with Gasteiger partial charge in [0.15, 0.2) is 0 Å². The number of aryl methyl sites for hydroxylation is 1. The van der Waals surface area contributed by atoms with Gasteiger partial charge in [0.05, 0.1) is 28.6 Å². The maximum atomic E-state index is 14.2. The highest BCUT2D eigenvalue weighted by atomic mass is 32.2. The Morgan fingerprint density at radius 1 is 1.03 bits per heavy atom. The summed E-state index contributed by atoms with van der Waals surface area (Å²) in [5.41, 5.74) is 1.68. The summed E-state index contributed by atoms with van der Waals surface area (Å²) in [6.45, 7) is 3.73. The van der Waals surface area contributed by atoms with Gasteiger partial charge in [-0.15, -0.1) is 0 Å². The third kappa shape index (κ3) is 2.18. The molecule has 33 heavy (non-hydrogen) atoms. The van der Waals surface area contributed by atoms with Crippen molar-refractivity contribution in [1.82, 2.24) is 4.90 Å². The first-order valence-electron chi connectivity index (χ1n) is 12.0. The van der Waals surface area contributed by atoms with Crippen LogP contribution in [0.4, 0.5) is 5.69 Å². The van der Waals surface area contributed by atoms with Crippen LogP contribution in [0.2, 0.25) is 0 Å². The van der Waals surface area contributed by atoms with Crippen molar-refractivity contribution in [2.75, 3.05) is 17.4 Å². The second kappa shape index (κ2) is 6.26. The van der Waals surface area contributed by atoms with Crippen molar-refractivity contribution in [3.8, 4) is 0 Å². The highest BCUT2D eigenvalue weighted by Crippen LogP contribution is 2.69. The molecule has 2 aliphatic carbocycles. The predicted octanol–water partition coefficient (Wildman–Crippen LogP) is 2.63. The van der Waals surface area contributed by atoms with E-state index in [1.165, 1.54) is 4.31 Å². The zero-order valence-corrected chi connectivity index (χ0v) is 19.5. The smallest absolute Gasteiger partial charge is 0.264 e. The van der Waals surface area contributed by atoms with Gasteiger partial charge in [0, 0.05) is 16.9 Å². The van der Waals surface area contributed by atoms with Crippen LogP contribution in [0.3, 0.4) is 0 Å². The summed E-state index contributed by atoms with van der Waals surface area (Å²) in [5, 5.41) is 11.3. The van der Waals surface area contributed by atoms with E-state index in [1.54, 1.807) is 12.1 Å². The number of fused-ring (bicyclic) bond motifs is 3. The zero-order valence-electron chi connectivity index (χ0n) is 18.6. The normalized spacial score (nSPS) is 38.8. The van der Waals surface area contributed by atoms with Crippen molar-refractivity contribution in [1.29, 1.82) is 0 Å². The van der Waals surface area contributed by atoms with Gasteiger partial charge >= 0.3 is 0 Å². The van der Waals surface area contributed by atoms with Gasteiger partial charge in [0.2, 0.25) is 0 Å². The van der Waals surface area contributed by atoms with Gasteiger partial charge in [0.25, 0.3) is 10.0 Å². The molecule has 2 saturated carbocycles. The van der Waals surface area contributed by atoms with Crippen LogP contribution in [0.15, 0.2) is 53.4 Å². The predicted molar refractivity (Wildman–Crippen MR) is 124 cm³/mol. The number of carbonyl (C=O) groups excluding carboxylic acids is 1. The minimum atomic E-state index is -3.93. The van der Waals surface area contributed by atoms with Crippen LogP contribution in [0.1, 0.15) is 36.8 Å². The number of aliphatic hydroxyl groups is 1. The van der Waals surface area contributed by atoms with Crippen LogP contribution in [-0.2, 0) is 20.2 Å². The summed E-state index contributed by atoms with van der Waals surface area (Å²) in [6.07, 6.45) is 2.21. The van der Waals surface area contributed by atoms with Crippen molar-refractivity contribution in [3.05, 3.63) is 59.7 Å². The molecule has 6 nitrogen and oxygen atoms in total. The number of benzene rings is 2. The molecular weight excluding hydrogens is 436 g/mol. The summed E-state index contributed by atoms with van der Waals surface area (Å²) in [4.78, 5) is 16.7. The first kappa shape index (κ1) is 20.2. The molecule has 2 bridgehead atoms. The molecule has 7 rings (SSSR count). The molecule has 3 aliphatic heterocycles. The molecule has 2 saturated heterocycles. The van der Waals surface area contributed by atoms with E-state index in [9.17, 15) is 18.3 Å². The summed E-state index contributed by atoms with van der Waals surface area (Å²) < 4.78 is 29.9. The molecule has 0 amide bonds. The molecule has 172 valence electrons. The van der Waals surface area contributed by atoms with Gasteiger partial charge in [0.1, 0.15) is 5.78 Å². The Kier molecular flexibility index (Phi) is 3.83. The molecule has 4 fully saturated rings. The van der Waals surface area contributed by atoms with E-state index in [0.29, 0.717) is 12.1 Å². The number of para-hydroxylation sites is 1. The van der Waals surface area contributed by atoms with E-state index in [-0.39, 0.29) is 16.7 Å². The highest BCUT2D eigenvalue weighted by molar-refractivity contribution is 7.93. The Morgan fingerprint density at radius 3 is 2.58 bits per heavy atom. The number of rotatable bonds is 2. The number of aliphatic hydroxyl groups excluding tert-OH is 1. The molecule has 2 spiro atoms. The highest BCUT2D eigenvalue weighted by Gasteiger charge is 2.78. The number of Topliss-reactive ketones (excluding diaryl/α,β-unsaturated/α-hetero) is 1. The average Bonchev–Trinajstić information content (AvgIpc) is 3.38. The van der Waals surface area contributed by atoms with E-state index in [0.717, 1.165) is 43.5 Å².